The van der Waals surface area contributed by atoms with Gasteiger partial charge in [0.15, 0.2) is 11.6 Å². The summed E-state index contributed by atoms with van der Waals surface area (Å²) in [6.07, 6.45) is 2.15. The maximum absolute atomic E-state index is 13.8. The Morgan fingerprint density at radius 1 is 1.24 bits per heavy atom. The minimum Gasteiger partial charge on any atom is -0.494 e. The van der Waals surface area contributed by atoms with Crippen molar-refractivity contribution in [2.45, 2.75) is 19.9 Å². The minimum atomic E-state index is -0.450. The Morgan fingerprint density at radius 2 is 2.00 bits per heavy atom. The zero-order valence-corrected chi connectivity index (χ0v) is 16.7. The van der Waals surface area contributed by atoms with Crippen molar-refractivity contribution in [2.75, 3.05) is 20.7 Å². The van der Waals surface area contributed by atoms with Gasteiger partial charge in [-0.2, -0.15) is 0 Å². The van der Waals surface area contributed by atoms with Crippen molar-refractivity contribution in [2.24, 2.45) is 0 Å². The molecule has 0 spiro atoms. The van der Waals surface area contributed by atoms with Crippen molar-refractivity contribution in [3.63, 3.8) is 0 Å². The number of benzene rings is 2. The van der Waals surface area contributed by atoms with Crippen LogP contribution in [0, 0.1) is 12.7 Å². The fourth-order valence-corrected chi connectivity index (χ4v) is 2.84. The third-order valence-corrected chi connectivity index (χ3v) is 4.49. The number of oxazole rings is 1. The maximum atomic E-state index is 13.8. The van der Waals surface area contributed by atoms with E-state index in [0.717, 1.165) is 11.3 Å². The SMILES string of the molecule is COc1ccc(CN(C)C(=O)NCCc2coc(-c3ccc(C)cc3)n2)cc1F. The summed E-state index contributed by atoms with van der Waals surface area (Å²) in [5.74, 6) is 0.290. The highest BCUT2D eigenvalue weighted by Gasteiger charge is 2.12. The number of nitrogens with zero attached hydrogens (tertiary/aromatic N) is 2. The summed E-state index contributed by atoms with van der Waals surface area (Å²) in [6, 6.07) is 12.3. The lowest BCUT2D eigenvalue weighted by Gasteiger charge is -2.18. The first-order valence-electron chi connectivity index (χ1n) is 9.29. The molecule has 0 saturated carbocycles. The second-order valence-corrected chi connectivity index (χ2v) is 6.82. The average molecular weight is 397 g/mol. The molecule has 0 saturated heterocycles. The first-order valence-corrected chi connectivity index (χ1v) is 9.29. The third-order valence-electron chi connectivity index (χ3n) is 4.49. The summed E-state index contributed by atoms with van der Waals surface area (Å²) in [5.41, 5.74) is 3.53. The summed E-state index contributed by atoms with van der Waals surface area (Å²) < 4.78 is 24.2. The van der Waals surface area contributed by atoms with Gasteiger partial charge in [0, 0.05) is 32.1 Å². The van der Waals surface area contributed by atoms with E-state index in [-0.39, 0.29) is 18.3 Å². The van der Waals surface area contributed by atoms with Crippen LogP contribution < -0.4 is 10.1 Å². The number of carbonyl (C=O) groups excluding carboxylic acids is 1. The van der Waals surface area contributed by atoms with Crippen LogP contribution >= 0.6 is 0 Å². The summed E-state index contributed by atoms with van der Waals surface area (Å²) in [6.45, 7) is 2.73. The van der Waals surface area contributed by atoms with Crippen LogP contribution in [0.15, 0.2) is 53.1 Å². The van der Waals surface area contributed by atoms with Gasteiger partial charge < -0.3 is 19.4 Å². The molecule has 0 aliphatic heterocycles. The van der Waals surface area contributed by atoms with Crippen molar-refractivity contribution in [3.05, 3.63) is 71.4 Å². The lowest BCUT2D eigenvalue weighted by molar-refractivity contribution is 0.207. The van der Waals surface area contributed by atoms with Gasteiger partial charge in [0.1, 0.15) is 6.26 Å². The van der Waals surface area contributed by atoms with Gasteiger partial charge >= 0.3 is 6.03 Å². The number of amides is 2. The van der Waals surface area contributed by atoms with Crippen molar-refractivity contribution in [1.82, 2.24) is 15.2 Å². The zero-order valence-electron chi connectivity index (χ0n) is 16.7. The number of hydrogen-bond acceptors (Lipinski definition) is 4. The number of urea groups is 1. The van der Waals surface area contributed by atoms with Crippen molar-refractivity contribution in [1.29, 1.82) is 0 Å². The van der Waals surface area contributed by atoms with E-state index in [1.807, 2.05) is 31.2 Å². The monoisotopic (exact) mass is 397 g/mol. The zero-order chi connectivity index (χ0) is 20.8. The highest BCUT2D eigenvalue weighted by atomic mass is 19.1. The Labute approximate surface area is 169 Å². The number of rotatable bonds is 7. The molecular weight excluding hydrogens is 373 g/mol. The topological polar surface area (TPSA) is 67.6 Å². The van der Waals surface area contributed by atoms with E-state index < -0.39 is 5.82 Å². The van der Waals surface area contributed by atoms with Crippen LogP contribution in [0.25, 0.3) is 11.5 Å². The quantitative estimate of drug-likeness (QED) is 0.649. The van der Waals surface area contributed by atoms with E-state index in [2.05, 4.69) is 10.3 Å². The number of nitrogens with one attached hydrogen (secondary N) is 1. The molecule has 7 heteroatoms. The molecule has 29 heavy (non-hydrogen) atoms. The van der Waals surface area contributed by atoms with E-state index >= 15 is 0 Å². The van der Waals surface area contributed by atoms with Gasteiger partial charge in [0.25, 0.3) is 0 Å². The van der Waals surface area contributed by atoms with Gasteiger partial charge in [-0.25, -0.2) is 14.2 Å². The molecule has 0 atom stereocenters. The van der Waals surface area contributed by atoms with E-state index in [9.17, 15) is 9.18 Å². The molecule has 0 aliphatic rings. The molecular formula is C22H24FN3O3. The van der Waals surface area contributed by atoms with Gasteiger partial charge in [-0.1, -0.05) is 23.8 Å². The van der Waals surface area contributed by atoms with Crippen LogP contribution in [0.3, 0.4) is 0 Å². The van der Waals surface area contributed by atoms with Crippen LogP contribution in [-0.4, -0.2) is 36.6 Å². The molecule has 1 aromatic heterocycles. The Bertz CT molecular complexity index is 970. The maximum Gasteiger partial charge on any atom is 0.317 e. The van der Waals surface area contributed by atoms with Crippen molar-refractivity contribution in [3.8, 4) is 17.2 Å². The highest BCUT2D eigenvalue weighted by molar-refractivity contribution is 5.73. The second kappa shape index (κ2) is 9.23. The van der Waals surface area contributed by atoms with Crippen LogP contribution in [0.1, 0.15) is 16.8 Å². The molecule has 0 radical (unpaired) electrons. The van der Waals surface area contributed by atoms with Crippen LogP contribution in [0.4, 0.5) is 9.18 Å². The van der Waals surface area contributed by atoms with Gasteiger partial charge in [0.2, 0.25) is 5.89 Å². The summed E-state index contributed by atoms with van der Waals surface area (Å²) in [5, 5.41) is 2.83. The number of hydrogen-bond donors (Lipinski definition) is 1. The highest BCUT2D eigenvalue weighted by Crippen LogP contribution is 2.20. The molecule has 0 bridgehead atoms. The van der Waals surface area contributed by atoms with Crippen molar-refractivity contribution < 1.29 is 18.3 Å². The second-order valence-electron chi connectivity index (χ2n) is 6.82. The molecule has 1 heterocycles. The Hall–Kier alpha value is -3.35. The summed E-state index contributed by atoms with van der Waals surface area (Å²) >= 11 is 0. The van der Waals surface area contributed by atoms with Gasteiger partial charge in [-0.05, 0) is 36.8 Å². The molecule has 0 fully saturated rings. The fraction of sp³-hybridized carbons (Fsp3) is 0.273. The molecule has 2 amide bonds. The number of aryl methyl sites for hydroxylation is 1. The number of aromatic nitrogens is 1. The summed E-state index contributed by atoms with van der Waals surface area (Å²) in [4.78, 5) is 18.2. The number of ether oxygens (including phenoxy) is 1. The van der Waals surface area contributed by atoms with Gasteiger partial charge in [-0.3, -0.25) is 0 Å². The Balaban J connectivity index is 1.48. The Kier molecular flexibility index (Phi) is 6.49. The standard InChI is InChI=1S/C22H24FN3O3/c1-15-4-7-17(8-5-15)21-25-18(14-29-21)10-11-24-22(27)26(2)13-16-6-9-20(28-3)19(23)12-16/h4-9,12,14H,10-11,13H2,1-3H3,(H,24,27). The lowest BCUT2D eigenvalue weighted by atomic mass is 10.1. The normalized spacial score (nSPS) is 10.6. The molecule has 0 aliphatic carbocycles. The van der Waals surface area contributed by atoms with Crippen LogP contribution in [-0.2, 0) is 13.0 Å². The predicted octanol–water partition coefficient (Wildman–Crippen LogP) is 4.18. The minimum absolute atomic E-state index is 0.179. The van der Waals surface area contributed by atoms with Gasteiger partial charge in [0.05, 0.1) is 12.8 Å². The van der Waals surface area contributed by atoms with Gasteiger partial charge in [-0.15, -0.1) is 0 Å². The van der Waals surface area contributed by atoms with E-state index in [1.54, 1.807) is 25.4 Å². The smallest absolute Gasteiger partial charge is 0.317 e. The number of carbonyl (C=O) groups is 1. The van der Waals surface area contributed by atoms with E-state index in [4.69, 9.17) is 9.15 Å². The lowest BCUT2D eigenvalue weighted by Crippen LogP contribution is -2.37. The molecule has 3 aromatic rings. The van der Waals surface area contributed by atoms with Crippen LogP contribution in [0.2, 0.25) is 0 Å². The molecule has 1 N–H and O–H groups in total. The van der Waals surface area contributed by atoms with Crippen LogP contribution in [0.5, 0.6) is 5.75 Å². The number of methoxy groups -OCH3 is 1. The summed E-state index contributed by atoms with van der Waals surface area (Å²) in [7, 11) is 3.07. The fourth-order valence-electron chi connectivity index (χ4n) is 2.84. The predicted molar refractivity (Wildman–Crippen MR) is 108 cm³/mol. The number of halogens is 1. The van der Waals surface area contributed by atoms with E-state index in [1.165, 1.54) is 23.6 Å². The molecule has 2 aromatic carbocycles. The molecule has 152 valence electrons. The molecule has 6 nitrogen and oxygen atoms in total. The first-order chi connectivity index (χ1) is 14.0. The molecule has 3 rings (SSSR count). The largest absolute Gasteiger partial charge is 0.494 e. The molecule has 0 unspecified atom stereocenters. The average Bonchev–Trinajstić information content (AvgIpc) is 3.17. The Morgan fingerprint density at radius 3 is 2.69 bits per heavy atom. The van der Waals surface area contributed by atoms with E-state index in [0.29, 0.717) is 24.4 Å². The third kappa shape index (κ3) is 5.34. The first kappa shape index (κ1) is 20.4. The van der Waals surface area contributed by atoms with Crippen molar-refractivity contribution >= 4 is 6.03 Å².